The molecule has 2 N–H and O–H groups in total. The van der Waals surface area contributed by atoms with Crippen molar-refractivity contribution < 1.29 is 23.7 Å². The molecule has 0 spiro atoms. The first kappa shape index (κ1) is 21.9. The molecule has 1 unspecified atom stereocenters. The molecule has 3 rings (SSSR count). The Morgan fingerprint density at radius 3 is 2.87 bits per heavy atom. The molecule has 30 heavy (non-hydrogen) atoms. The van der Waals surface area contributed by atoms with Gasteiger partial charge in [-0.1, -0.05) is 18.2 Å². The van der Waals surface area contributed by atoms with E-state index < -0.39 is 0 Å². The minimum Gasteiger partial charge on any atom is -0.491 e. The van der Waals surface area contributed by atoms with Gasteiger partial charge in [0.25, 0.3) is 0 Å². The molecular weight excluding hydrogens is 384 g/mol. The fraction of sp³-hybridized carbons (Fsp3) is 0.435. The first-order valence-corrected chi connectivity index (χ1v) is 10.4. The maximum atomic E-state index is 12.4. The van der Waals surface area contributed by atoms with Crippen molar-refractivity contribution in [1.29, 1.82) is 0 Å². The van der Waals surface area contributed by atoms with E-state index in [1.165, 1.54) is 0 Å². The van der Waals surface area contributed by atoms with Crippen molar-refractivity contribution in [2.45, 2.75) is 25.9 Å². The highest BCUT2D eigenvalue weighted by atomic mass is 16.5. The monoisotopic (exact) mass is 414 g/mol. The van der Waals surface area contributed by atoms with Crippen molar-refractivity contribution in [2.24, 2.45) is 0 Å². The van der Waals surface area contributed by atoms with Gasteiger partial charge in [-0.05, 0) is 44.0 Å². The number of carbonyl (C=O) groups excluding carboxylic acids is 1. The highest BCUT2D eigenvalue weighted by Gasteiger charge is 2.16. The number of benzene rings is 2. The Kier molecular flexibility index (Phi) is 8.80. The third kappa shape index (κ3) is 7.24. The number of amides is 1. The van der Waals surface area contributed by atoms with Gasteiger partial charge in [-0.2, -0.15) is 0 Å². The third-order valence-electron chi connectivity index (χ3n) is 4.59. The number of nitrogens with one attached hydrogen (secondary N) is 2. The van der Waals surface area contributed by atoms with Crippen molar-refractivity contribution in [3.05, 3.63) is 48.5 Å². The zero-order chi connectivity index (χ0) is 21.0. The van der Waals surface area contributed by atoms with Crippen LogP contribution in [0.15, 0.2) is 48.5 Å². The zero-order valence-corrected chi connectivity index (χ0v) is 17.4. The summed E-state index contributed by atoms with van der Waals surface area (Å²) in [6.45, 7) is 5.04. The predicted octanol–water partition coefficient (Wildman–Crippen LogP) is 3.71. The minimum absolute atomic E-state index is 0.121. The van der Waals surface area contributed by atoms with Gasteiger partial charge in [0.05, 0.1) is 24.9 Å². The predicted molar refractivity (Wildman–Crippen MR) is 116 cm³/mol. The largest absolute Gasteiger partial charge is 0.491 e. The van der Waals surface area contributed by atoms with Crippen LogP contribution in [0.1, 0.15) is 19.8 Å². The Bertz CT molecular complexity index is 793. The summed E-state index contributed by atoms with van der Waals surface area (Å²) in [5, 5.41) is 6.02. The molecule has 0 radical (unpaired) electrons. The Labute approximate surface area is 177 Å². The van der Waals surface area contributed by atoms with Crippen LogP contribution in [0, 0.1) is 0 Å². The fourth-order valence-electron chi connectivity index (χ4n) is 3.10. The third-order valence-corrected chi connectivity index (χ3v) is 4.59. The number of para-hydroxylation sites is 2. The van der Waals surface area contributed by atoms with Crippen LogP contribution in [0.3, 0.4) is 0 Å². The van der Waals surface area contributed by atoms with Gasteiger partial charge in [0.1, 0.15) is 24.7 Å². The van der Waals surface area contributed by atoms with E-state index in [9.17, 15) is 4.79 Å². The van der Waals surface area contributed by atoms with E-state index in [0.29, 0.717) is 43.6 Å². The molecule has 0 aliphatic carbocycles. The van der Waals surface area contributed by atoms with E-state index in [-0.39, 0.29) is 18.6 Å². The van der Waals surface area contributed by atoms with Crippen molar-refractivity contribution in [3.8, 4) is 11.5 Å². The lowest BCUT2D eigenvalue weighted by molar-refractivity contribution is -0.114. The summed E-state index contributed by atoms with van der Waals surface area (Å²) >= 11 is 0. The second-order valence-electron chi connectivity index (χ2n) is 6.92. The summed E-state index contributed by atoms with van der Waals surface area (Å²) in [7, 11) is 0. The molecule has 2 aromatic carbocycles. The van der Waals surface area contributed by atoms with Gasteiger partial charge in [0.2, 0.25) is 5.91 Å². The van der Waals surface area contributed by atoms with Crippen molar-refractivity contribution in [3.63, 3.8) is 0 Å². The van der Waals surface area contributed by atoms with Crippen molar-refractivity contribution >= 4 is 17.3 Å². The molecule has 7 heteroatoms. The number of anilines is 2. The topological polar surface area (TPSA) is 78.1 Å². The lowest BCUT2D eigenvalue weighted by Crippen LogP contribution is -2.22. The summed E-state index contributed by atoms with van der Waals surface area (Å²) in [5.74, 6) is 1.24. The maximum absolute atomic E-state index is 12.4. The second kappa shape index (κ2) is 12.0. The van der Waals surface area contributed by atoms with Crippen LogP contribution in [0.25, 0.3) is 0 Å². The molecule has 1 aliphatic rings. The van der Waals surface area contributed by atoms with Gasteiger partial charge in [0.15, 0.2) is 0 Å². The molecule has 1 saturated heterocycles. The average Bonchev–Trinajstić information content (AvgIpc) is 3.28. The normalized spacial score (nSPS) is 15.6. The first-order valence-electron chi connectivity index (χ1n) is 10.4. The van der Waals surface area contributed by atoms with E-state index >= 15 is 0 Å². The summed E-state index contributed by atoms with van der Waals surface area (Å²) in [5.41, 5.74) is 1.46. The smallest absolute Gasteiger partial charge is 0.243 e. The van der Waals surface area contributed by atoms with Crippen LogP contribution in [-0.4, -0.2) is 51.6 Å². The Hall–Kier alpha value is -2.77. The Balaban J connectivity index is 1.46. The van der Waals surface area contributed by atoms with Gasteiger partial charge >= 0.3 is 0 Å². The number of hydrogen-bond donors (Lipinski definition) is 2. The molecule has 0 aromatic heterocycles. The van der Waals surface area contributed by atoms with Gasteiger partial charge in [0, 0.05) is 25.0 Å². The number of hydrogen-bond acceptors (Lipinski definition) is 6. The van der Waals surface area contributed by atoms with Crippen LogP contribution in [-0.2, 0) is 14.3 Å². The summed E-state index contributed by atoms with van der Waals surface area (Å²) in [6, 6.07) is 14.9. The summed E-state index contributed by atoms with van der Waals surface area (Å²) in [4.78, 5) is 12.4. The molecule has 162 valence electrons. The SMILES string of the molecule is CCOCCOc1cccc(NC(=O)CNc2ccccc2OCC2CCCO2)c1. The summed E-state index contributed by atoms with van der Waals surface area (Å²) in [6.07, 6.45) is 2.24. The van der Waals surface area contributed by atoms with E-state index in [1.54, 1.807) is 6.07 Å². The van der Waals surface area contributed by atoms with E-state index in [1.807, 2.05) is 49.4 Å². The highest BCUT2D eigenvalue weighted by Crippen LogP contribution is 2.25. The van der Waals surface area contributed by atoms with E-state index in [4.69, 9.17) is 18.9 Å². The molecule has 7 nitrogen and oxygen atoms in total. The minimum atomic E-state index is -0.157. The van der Waals surface area contributed by atoms with Crippen LogP contribution in [0.2, 0.25) is 0 Å². The summed E-state index contributed by atoms with van der Waals surface area (Å²) < 4.78 is 22.4. The van der Waals surface area contributed by atoms with Crippen LogP contribution >= 0.6 is 0 Å². The molecule has 1 fully saturated rings. The molecule has 1 heterocycles. The highest BCUT2D eigenvalue weighted by molar-refractivity contribution is 5.94. The quantitative estimate of drug-likeness (QED) is 0.516. The fourth-order valence-corrected chi connectivity index (χ4v) is 3.10. The standard InChI is InChI=1S/C23H30N2O5/c1-2-27-13-14-29-19-8-5-7-18(15-19)25-23(26)16-24-21-10-3-4-11-22(21)30-17-20-9-6-12-28-20/h3-5,7-8,10-11,15,20,24H,2,6,9,12-14,16-17H2,1H3,(H,25,26). The van der Waals surface area contributed by atoms with Gasteiger partial charge in [-0.15, -0.1) is 0 Å². The molecule has 2 aromatic rings. The van der Waals surface area contributed by atoms with Crippen molar-refractivity contribution in [2.75, 3.05) is 50.2 Å². The molecule has 1 amide bonds. The Morgan fingerprint density at radius 2 is 2.03 bits per heavy atom. The second-order valence-corrected chi connectivity index (χ2v) is 6.92. The van der Waals surface area contributed by atoms with Crippen LogP contribution in [0.5, 0.6) is 11.5 Å². The number of ether oxygens (including phenoxy) is 4. The average molecular weight is 415 g/mol. The number of rotatable bonds is 12. The lowest BCUT2D eigenvalue weighted by atomic mass is 10.2. The molecule has 1 atom stereocenters. The molecule has 1 aliphatic heterocycles. The first-order chi connectivity index (χ1) is 14.7. The van der Waals surface area contributed by atoms with E-state index in [2.05, 4.69) is 10.6 Å². The van der Waals surface area contributed by atoms with Crippen molar-refractivity contribution in [1.82, 2.24) is 0 Å². The zero-order valence-electron chi connectivity index (χ0n) is 17.4. The van der Waals surface area contributed by atoms with Crippen LogP contribution in [0.4, 0.5) is 11.4 Å². The van der Waals surface area contributed by atoms with Crippen LogP contribution < -0.4 is 20.1 Å². The van der Waals surface area contributed by atoms with Gasteiger partial charge in [-0.25, -0.2) is 0 Å². The Morgan fingerprint density at radius 1 is 1.13 bits per heavy atom. The molecular formula is C23H30N2O5. The van der Waals surface area contributed by atoms with Gasteiger partial charge in [-0.3, -0.25) is 4.79 Å². The number of carbonyl (C=O) groups is 1. The van der Waals surface area contributed by atoms with Gasteiger partial charge < -0.3 is 29.6 Å². The maximum Gasteiger partial charge on any atom is 0.243 e. The van der Waals surface area contributed by atoms with E-state index in [0.717, 1.165) is 25.1 Å². The lowest BCUT2D eigenvalue weighted by Gasteiger charge is -2.15. The molecule has 0 bridgehead atoms. The molecule has 0 saturated carbocycles.